The number of halogens is 2. The van der Waals surface area contributed by atoms with Gasteiger partial charge in [0.1, 0.15) is 10.0 Å². The maximum absolute atomic E-state index is 12.4. The van der Waals surface area contributed by atoms with E-state index in [2.05, 4.69) is 20.9 Å². The van der Waals surface area contributed by atoms with Crippen molar-refractivity contribution in [3.8, 4) is 0 Å². The van der Waals surface area contributed by atoms with E-state index in [1.165, 1.54) is 25.1 Å². The normalized spacial score (nSPS) is 11.7. The topological polar surface area (TPSA) is 79.8 Å². The molecular formula is C12H17BrClN3O4S. The molecule has 0 radical (unpaired) electrons. The quantitative estimate of drug-likeness (QED) is 0.627. The van der Waals surface area contributed by atoms with Crippen LogP contribution in [-0.4, -0.2) is 69.4 Å². The summed E-state index contributed by atoms with van der Waals surface area (Å²) in [4.78, 5) is 17.1. The van der Waals surface area contributed by atoms with Crippen molar-refractivity contribution in [1.29, 1.82) is 0 Å². The lowest BCUT2D eigenvalue weighted by atomic mass is 10.5. The molecule has 7 nitrogen and oxygen atoms in total. The molecule has 0 fully saturated rings. The number of methoxy groups -OCH3 is 1. The number of rotatable bonds is 7. The maximum Gasteiger partial charge on any atom is 0.244 e. The molecule has 1 aromatic heterocycles. The lowest BCUT2D eigenvalue weighted by molar-refractivity contribution is -0.130. The smallest absolute Gasteiger partial charge is 0.244 e. The average molecular weight is 415 g/mol. The molecule has 0 atom stereocenters. The maximum atomic E-state index is 12.4. The van der Waals surface area contributed by atoms with Crippen LogP contribution in [0.15, 0.2) is 21.6 Å². The Hall–Kier alpha value is -0.740. The Bertz CT molecular complexity index is 641. The molecule has 1 rings (SSSR count). The third-order valence-corrected chi connectivity index (χ3v) is 5.80. The van der Waals surface area contributed by atoms with Gasteiger partial charge in [0, 0.05) is 33.9 Å². The van der Waals surface area contributed by atoms with Crippen molar-refractivity contribution in [2.75, 3.05) is 40.9 Å². The molecule has 0 saturated carbocycles. The van der Waals surface area contributed by atoms with Crippen LogP contribution in [0.2, 0.25) is 5.15 Å². The van der Waals surface area contributed by atoms with Crippen LogP contribution in [0, 0.1) is 0 Å². The van der Waals surface area contributed by atoms with E-state index >= 15 is 0 Å². The molecule has 0 aliphatic rings. The van der Waals surface area contributed by atoms with Gasteiger partial charge in [-0.05, 0) is 22.0 Å². The first-order chi connectivity index (χ1) is 10.2. The number of pyridine rings is 1. The van der Waals surface area contributed by atoms with E-state index < -0.39 is 10.0 Å². The van der Waals surface area contributed by atoms with E-state index in [1.54, 1.807) is 7.05 Å². The Kier molecular flexibility index (Phi) is 7.20. The molecule has 0 spiro atoms. The van der Waals surface area contributed by atoms with Gasteiger partial charge in [0.05, 0.1) is 17.6 Å². The number of carbonyl (C=O) groups is 1. The number of sulfonamides is 1. The molecule has 0 aromatic carbocycles. The van der Waals surface area contributed by atoms with Gasteiger partial charge in [0.15, 0.2) is 0 Å². The molecule has 22 heavy (non-hydrogen) atoms. The first kappa shape index (κ1) is 19.3. The highest BCUT2D eigenvalue weighted by atomic mass is 79.9. The number of carbonyl (C=O) groups excluding carboxylic acids is 1. The molecule has 0 aliphatic carbocycles. The summed E-state index contributed by atoms with van der Waals surface area (Å²) in [7, 11) is 0.623. The molecule has 1 aromatic rings. The van der Waals surface area contributed by atoms with Gasteiger partial charge in [-0.15, -0.1) is 0 Å². The van der Waals surface area contributed by atoms with E-state index in [0.717, 1.165) is 10.5 Å². The second-order valence-corrected chi connectivity index (χ2v) is 7.77. The summed E-state index contributed by atoms with van der Waals surface area (Å²) in [5, 5.41) is 0.164. The first-order valence-corrected chi connectivity index (χ1v) is 8.81. The number of hydrogen-bond acceptors (Lipinski definition) is 5. The SMILES string of the molecule is COCCN(C)C(=O)CN(C)S(=O)(=O)c1cnc(Cl)c(Br)c1. The second-order valence-electron chi connectivity index (χ2n) is 4.51. The van der Waals surface area contributed by atoms with E-state index in [1.807, 2.05) is 0 Å². The molecule has 0 N–H and O–H groups in total. The molecule has 0 aliphatic heterocycles. The molecule has 1 heterocycles. The molecular weight excluding hydrogens is 398 g/mol. The standard InChI is InChI=1S/C12H17BrClN3O4S/c1-16(4-5-21-3)11(18)8-17(2)22(19,20)9-6-10(13)12(14)15-7-9/h6-7H,4-5,8H2,1-3H3. The van der Waals surface area contributed by atoms with Gasteiger partial charge >= 0.3 is 0 Å². The number of ether oxygens (including phenoxy) is 1. The summed E-state index contributed by atoms with van der Waals surface area (Å²) in [6, 6.07) is 1.35. The predicted octanol–water partition coefficient (Wildman–Crippen LogP) is 1.22. The summed E-state index contributed by atoms with van der Waals surface area (Å²) in [5.74, 6) is -0.330. The molecule has 0 saturated heterocycles. The Morgan fingerprint density at radius 3 is 2.64 bits per heavy atom. The molecule has 1 amide bonds. The Labute approximate surface area is 143 Å². The first-order valence-electron chi connectivity index (χ1n) is 6.20. The van der Waals surface area contributed by atoms with Crippen molar-refractivity contribution >= 4 is 43.5 Å². The Morgan fingerprint density at radius 1 is 1.45 bits per heavy atom. The van der Waals surface area contributed by atoms with Crippen LogP contribution < -0.4 is 0 Å². The fourth-order valence-electron chi connectivity index (χ4n) is 1.47. The minimum Gasteiger partial charge on any atom is -0.383 e. The number of likely N-dealkylation sites (N-methyl/N-ethyl adjacent to an activating group) is 2. The fraction of sp³-hybridized carbons (Fsp3) is 0.500. The summed E-state index contributed by atoms with van der Waals surface area (Å²) in [6.45, 7) is 0.493. The van der Waals surface area contributed by atoms with Crippen molar-refractivity contribution in [1.82, 2.24) is 14.2 Å². The highest BCUT2D eigenvalue weighted by molar-refractivity contribution is 9.10. The van der Waals surface area contributed by atoms with E-state index in [4.69, 9.17) is 16.3 Å². The summed E-state index contributed by atoms with van der Waals surface area (Å²) >= 11 is 8.87. The fourth-order valence-corrected chi connectivity index (χ4v) is 3.17. The van der Waals surface area contributed by atoms with Gasteiger partial charge < -0.3 is 9.64 Å². The zero-order chi connectivity index (χ0) is 16.9. The Balaban J connectivity index is 2.84. The Morgan fingerprint density at radius 2 is 2.09 bits per heavy atom. The van der Waals surface area contributed by atoms with E-state index in [0.29, 0.717) is 17.6 Å². The van der Waals surface area contributed by atoms with Crippen LogP contribution in [0.25, 0.3) is 0 Å². The second kappa shape index (κ2) is 8.21. The molecule has 0 bridgehead atoms. The third-order valence-electron chi connectivity index (χ3n) is 2.89. The van der Waals surface area contributed by atoms with Crippen molar-refractivity contribution < 1.29 is 17.9 Å². The zero-order valence-electron chi connectivity index (χ0n) is 12.4. The van der Waals surface area contributed by atoms with Crippen LogP contribution in [0.4, 0.5) is 0 Å². The largest absolute Gasteiger partial charge is 0.383 e. The summed E-state index contributed by atoms with van der Waals surface area (Å²) in [5.41, 5.74) is 0. The van der Waals surface area contributed by atoms with Gasteiger partial charge in [-0.3, -0.25) is 4.79 Å². The highest BCUT2D eigenvalue weighted by Crippen LogP contribution is 2.24. The van der Waals surface area contributed by atoms with Crippen LogP contribution in [0.1, 0.15) is 0 Å². The summed E-state index contributed by atoms with van der Waals surface area (Å²) in [6.07, 6.45) is 1.15. The van der Waals surface area contributed by atoms with Gasteiger partial charge in [-0.25, -0.2) is 13.4 Å². The number of nitrogens with zero attached hydrogens (tertiary/aromatic N) is 3. The minimum atomic E-state index is -3.82. The lowest BCUT2D eigenvalue weighted by Crippen LogP contribution is -2.40. The van der Waals surface area contributed by atoms with Crippen molar-refractivity contribution in [3.05, 3.63) is 21.9 Å². The van der Waals surface area contributed by atoms with Crippen molar-refractivity contribution in [2.24, 2.45) is 0 Å². The molecule has 0 unspecified atom stereocenters. The van der Waals surface area contributed by atoms with Crippen LogP contribution in [0.3, 0.4) is 0 Å². The van der Waals surface area contributed by atoms with Gasteiger partial charge in [0.25, 0.3) is 0 Å². The average Bonchev–Trinajstić information content (AvgIpc) is 2.47. The van der Waals surface area contributed by atoms with Crippen LogP contribution in [0.5, 0.6) is 0 Å². The van der Waals surface area contributed by atoms with Crippen LogP contribution >= 0.6 is 27.5 Å². The van der Waals surface area contributed by atoms with Crippen molar-refractivity contribution in [2.45, 2.75) is 4.90 Å². The van der Waals surface area contributed by atoms with E-state index in [-0.39, 0.29) is 22.5 Å². The number of hydrogen-bond donors (Lipinski definition) is 0. The monoisotopic (exact) mass is 413 g/mol. The lowest BCUT2D eigenvalue weighted by Gasteiger charge is -2.21. The van der Waals surface area contributed by atoms with Crippen molar-refractivity contribution in [3.63, 3.8) is 0 Å². The highest BCUT2D eigenvalue weighted by Gasteiger charge is 2.25. The number of aromatic nitrogens is 1. The van der Waals surface area contributed by atoms with Gasteiger partial charge in [0.2, 0.25) is 15.9 Å². The van der Waals surface area contributed by atoms with Gasteiger partial charge in [-0.1, -0.05) is 11.6 Å². The third kappa shape index (κ3) is 4.88. The van der Waals surface area contributed by atoms with E-state index in [9.17, 15) is 13.2 Å². The molecule has 124 valence electrons. The van der Waals surface area contributed by atoms with Gasteiger partial charge in [-0.2, -0.15) is 4.31 Å². The van der Waals surface area contributed by atoms with Crippen LogP contribution in [-0.2, 0) is 19.6 Å². The molecule has 10 heteroatoms. The predicted molar refractivity (Wildman–Crippen MR) is 86.3 cm³/mol. The zero-order valence-corrected chi connectivity index (χ0v) is 15.6. The number of amides is 1. The minimum absolute atomic E-state index is 0.0429. The summed E-state index contributed by atoms with van der Waals surface area (Å²) < 4.78 is 31.0.